The number of halogens is 2. The van der Waals surface area contributed by atoms with Crippen molar-refractivity contribution in [2.75, 3.05) is 26.2 Å². The first-order valence-corrected chi connectivity index (χ1v) is 8.05. The van der Waals surface area contributed by atoms with Gasteiger partial charge in [-0.25, -0.2) is 0 Å². The zero-order chi connectivity index (χ0) is 14.7. The number of rotatable bonds is 5. The Labute approximate surface area is 150 Å². The quantitative estimate of drug-likeness (QED) is 0.843. The minimum absolute atomic E-state index is 0. The van der Waals surface area contributed by atoms with E-state index in [0.29, 0.717) is 6.54 Å². The lowest BCUT2D eigenvalue weighted by Gasteiger charge is -2.26. The second-order valence-electron chi connectivity index (χ2n) is 6.10. The summed E-state index contributed by atoms with van der Waals surface area (Å²) >= 11 is 0. The summed E-state index contributed by atoms with van der Waals surface area (Å²) in [7, 11) is 0. The van der Waals surface area contributed by atoms with E-state index in [1.54, 1.807) is 0 Å². The third-order valence-electron chi connectivity index (χ3n) is 4.52. The largest absolute Gasteiger partial charge is 0.465 e. The lowest BCUT2D eigenvalue weighted by Crippen LogP contribution is -2.44. The Kier molecular flexibility index (Phi) is 8.40. The van der Waals surface area contributed by atoms with Gasteiger partial charge in [0.15, 0.2) is 0 Å². The molecule has 0 radical (unpaired) electrons. The molecule has 1 aromatic heterocycles. The topological polar surface area (TPSA) is 57.5 Å². The average molecular weight is 364 g/mol. The predicted octanol–water partition coefficient (Wildman–Crippen LogP) is 2.44. The van der Waals surface area contributed by atoms with E-state index in [1.165, 1.54) is 12.8 Å². The van der Waals surface area contributed by atoms with E-state index < -0.39 is 0 Å². The van der Waals surface area contributed by atoms with Crippen molar-refractivity contribution in [1.29, 1.82) is 0 Å². The summed E-state index contributed by atoms with van der Waals surface area (Å²) in [6.45, 7) is 5.71. The highest BCUT2D eigenvalue weighted by Gasteiger charge is 2.28. The van der Waals surface area contributed by atoms with Crippen LogP contribution in [-0.2, 0) is 4.79 Å². The summed E-state index contributed by atoms with van der Waals surface area (Å²) in [6, 6.07) is 4.19. The van der Waals surface area contributed by atoms with Crippen LogP contribution in [0.25, 0.3) is 0 Å². The van der Waals surface area contributed by atoms with Crippen LogP contribution in [0.1, 0.15) is 43.2 Å². The number of hydrogen-bond acceptors (Lipinski definition) is 4. The summed E-state index contributed by atoms with van der Waals surface area (Å²) in [5, 5.41) is 6.35. The lowest BCUT2D eigenvalue weighted by molar-refractivity contribution is -0.123. The Balaban J connectivity index is 0.00000132. The average Bonchev–Trinajstić information content (AvgIpc) is 3.21. The Morgan fingerprint density at radius 1 is 1.35 bits per heavy atom. The van der Waals surface area contributed by atoms with Gasteiger partial charge in [-0.1, -0.05) is 0 Å². The first-order valence-electron chi connectivity index (χ1n) is 8.05. The third kappa shape index (κ3) is 5.11. The van der Waals surface area contributed by atoms with E-state index >= 15 is 0 Å². The molecule has 2 saturated heterocycles. The normalized spacial score (nSPS) is 22.2. The van der Waals surface area contributed by atoms with Crippen molar-refractivity contribution >= 4 is 30.7 Å². The Bertz CT molecular complexity index is 483. The van der Waals surface area contributed by atoms with Gasteiger partial charge in [0.2, 0.25) is 5.91 Å². The van der Waals surface area contributed by atoms with Gasteiger partial charge in [-0.15, -0.1) is 24.8 Å². The predicted molar refractivity (Wildman–Crippen MR) is 95.5 cm³/mol. The van der Waals surface area contributed by atoms with Gasteiger partial charge in [-0.3, -0.25) is 9.69 Å². The first-order chi connectivity index (χ1) is 10.2. The highest BCUT2D eigenvalue weighted by Crippen LogP contribution is 2.26. The molecule has 3 rings (SSSR count). The van der Waals surface area contributed by atoms with Crippen molar-refractivity contribution in [2.24, 2.45) is 0 Å². The molecule has 5 nitrogen and oxygen atoms in total. The molecule has 2 N–H and O–H groups in total. The van der Waals surface area contributed by atoms with Crippen molar-refractivity contribution in [1.82, 2.24) is 15.5 Å². The molecule has 2 unspecified atom stereocenters. The van der Waals surface area contributed by atoms with Gasteiger partial charge >= 0.3 is 0 Å². The molecule has 0 saturated carbocycles. The number of amides is 1. The van der Waals surface area contributed by atoms with Crippen molar-refractivity contribution < 1.29 is 9.21 Å². The zero-order valence-corrected chi connectivity index (χ0v) is 15.2. The molecule has 23 heavy (non-hydrogen) atoms. The third-order valence-corrected chi connectivity index (χ3v) is 4.52. The maximum absolute atomic E-state index is 12.2. The number of carbonyl (C=O) groups excluding carboxylic acids is 1. The fourth-order valence-corrected chi connectivity index (χ4v) is 3.32. The summed E-state index contributed by atoms with van der Waals surface area (Å²) in [5.41, 5.74) is 0. The standard InChI is InChI=1S/C16H25N3O2.2ClH/c1-12-6-7-15(21-12)14(19-9-2-3-10-19)11-18-16(20)13-5-4-8-17-13;;/h6-7,13-14,17H,2-5,8-11H2,1H3,(H,18,20);2*1H. The maximum atomic E-state index is 12.2. The number of likely N-dealkylation sites (tertiary alicyclic amines) is 1. The number of hydrogen-bond donors (Lipinski definition) is 2. The van der Waals surface area contributed by atoms with E-state index in [4.69, 9.17) is 4.42 Å². The van der Waals surface area contributed by atoms with Gasteiger partial charge in [0.05, 0.1) is 12.1 Å². The Hall–Kier alpha value is -0.750. The fourth-order valence-electron chi connectivity index (χ4n) is 3.32. The van der Waals surface area contributed by atoms with Crippen molar-refractivity contribution in [3.63, 3.8) is 0 Å². The highest BCUT2D eigenvalue weighted by molar-refractivity contribution is 5.85. The van der Waals surface area contributed by atoms with Crippen LogP contribution in [0.2, 0.25) is 0 Å². The fraction of sp³-hybridized carbons (Fsp3) is 0.688. The van der Waals surface area contributed by atoms with Crippen LogP contribution in [0.15, 0.2) is 16.5 Å². The molecule has 2 aliphatic rings. The smallest absolute Gasteiger partial charge is 0.237 e. The second kappa shape index (κ2) is 9.52. The number of nitrogens with zero attached hydrogens (tertiary/aromatic N) is 1. The number of furan rings is 1. The maximum Gasteiger partial charge on any atom is 0.237 e. The van der Waals surface area contributed by atoms with Crippen LogP contribution in [-0.4, -0.2) is 43.0 Å². The number of carbonyl (C=O) groups is 1. The molecule has 2 aliphatic heterocycles. The first kappa shape index (κ1) is 20.3. The molecular formula is C16H27Cl2N3O2. The molecule has 0 bridgehead atoms. The van der Waals surface area contributed by atoms with Crippen LogP contribution < -0.4 is 10.6 Å². The van der Waals surface area contributed by atoms with E-state index in [1.807, 2.05) is 19.1 Å². The van der Waals surface area contributed by atoms with E-state index in [2.05, 4.69) is 15.5 Å². The summed E-state index contributed by atoms with van der Waals surface area (Å²) in [5.74, 6) is 2.02. The molecular weight excluding hydrogens is 337 g/mol. The minimum Gasteiger partial charge on any atom is -0.465 e. The van der Waals surface area contributed by atoms with E-state index in [0.717, 1.165) is 44.0 Å². The van der Waals surface area contributed by atoms with Gasteiger partial charge in [-0.05, 0) is 64.4 Å². The zero-order valence-electron chi connectivity index (χ0n) is 13.5. The summed E-state index contributed by atoms with van der Waals surface area (Å²) < 4.78 is 5.81. The Morgan fingerprint density at radius 3 is 2.65 bits per heavy atom. The van der Waals surface area contributed by atoms with E-state index in [9.17, 15) is 4.79 Å². The summed E-state index contributed by atoms with van der Waals surface area (Å²) in [6.07, 6.45) is 4.49. The molecule has 0 spiro atoms. The van der Waals surface area contributed by atoms with Crippen molar-refractivity contribution in [2.45, 2.75) is 44.7 Å². The molecule has 2 fully saturated rings. The van der Waals surface area contributed by atoms with Crippen LogP contribution in [0.5, 0.6) is 0 Å². The monoisotopic (exact) mass is 363 g/mol. The van der Waals surface area contributed by atoms with Gasteiger partial charge in [-0.2, -0.15) is 0 Å². The van der Waals surface area contributed by atoms with Crippen molar-refractivity contribution in [3.05, 3.63) is 23.7 Å². The molecule has 7 heteroatoms. The van der Waals surface area contributed by atoms with Gasteiger partial charge in [0, 0.05) is 6.54 Å². The van der Waals surface area contributed by atoms with Crippen LogP contribution in [0.4, 0.5) is 0 Å². The van der Waals surface area contributed by atoms with Crippen LogP contribution >= 0.6 is 24.8 Å². The second-order valence-corrected chi connectivity index (χ2v) is 6.10. The van der Waals surface area contributed by atoms with E-state index in [-0.39, 0.29) is 42.8 Å². The number of nitrogens with one attached hydrogen (secondary N) is 2. The van der Waals surface area contributed by atoms with Crippen LogP contribution in [0.3, 0.4) is 0 Å². The Morgan fingerprint density at radius 2 is 2.09 bits per heavy atom. The molecule has 0 aliphatic carbocycles. The van der Waals surface area contributed by atoms with Gasteiger partial charge in [0.25, 0.3) is 0 Å². The van der Waals surface area contributed by atoms with Crippen molar-refractivity contribution in [3.8, 4) is 0 Å². The number of aryl methyl sites for hydroxylation is 1. The van der Waals surface area contributed by atoms with Gasteiger partial charge < -0.3 is 15.1 Å². The van der Waals surface area contributed by atoms with Crippen LogP contribution in [0, 0.1) is 6.92 Å². The summed E-state index contributed by atoms with van der Waals surface area (Å²) in [4.78, 5) is 14.6. The molecule has 1 aromatic rings. The SMILES string of the molecule is Cc1ccc(C(CNC(=O)C2CCCN2)N2CCCC2)o1.Cl.Cl. The molecule has 0 aromatic carbocycles. The highest BCUT2D eigenvalue weighted by atomic mass is 35.5. The molecule has 2 atom stereocenters. The molecule has 3 heterocycles. The van der Waals surface area contributed by atoms with Gasteiger partial charge in [0.1, 0.15) is 11.5 Å². The lowest BCUT2D eigenvalue weighted by atomic mass is 10.1. The molecule has 132 valence electrons. The molecule has 1 amide bonds. The minimum atomic E-state index is -0.0115.